The number of amides is 2. The predicted molar refractivity (Wildman–Crippen MR) is 157 cm³/mol. The molecule has 2 aromatic rings. The molecule has 2 aromatic carbocycles. The molecule has 0 unspecified atom stereocenters. The average Bonchev–Trinajstić information content (AvgIpc) is 3.49. The molecule has 2 aliphatic heterocycles. The van der Waals surface area contributed by atoms with E-state index in [0.29, 0.717) is 36.1 Å². The number of carbonyl (C=O) groups excluding carboxylic acids is 2. The number of hydrogen-bond acceptors (Lipinski definition) is 9. The van der Waals surface area contributed by atoms with Gasteiger partial charge in [-0.1, -0.05) is 23.9 Å². The number of nitrogens with zero attached hydrogens (tertiary/aromatic N) is 3. The van der Waals surface area contributed by atoms with Gasteiger partial charge in [-0.15, -0.1) is 0 Å². The number of thioether (sulfide) groups is 1. The monoisotopic (exact) mass is 567 g/mol. The first-order valence-electron chi connectivity index (χ1n) is 13.9. The van der Waals surface area contributed by atoms with Crippen LogP contribution in [0.3, 0.4) is 0 Å². The molecule has 214 valence electrons. The molecule has 1 saturated heterocycles. The number of ether oxygens (including phenoxy) is 3. The number of anilines is 1. The molecule has 3 aliphatic rings. The summed E-state index contributed by atoms with van der Waals surface area (Å²) in [6.45, 7) is 5.25. The molecule has 0 atom stereocenters. The summed E-state index contributed by atoms with van der Waals surface area (Å²) in [5.74, 6) is 1.91. The zero-order valence-electron chi connectivity index (χ0n) is 22.9. The minimum Gasteiger partial charge on any atom is -0.493 e. The van der Waals surface area contributed by atoms with Gasteiger partial charge in [0, 0.05) is 49.7 Å². The van der Waals surface area contributed by atoms with Gasteiger partial charge < -0.3 is 19.5 Å². The van der Waals surface area contributed by atoms with E-state index in [4.69, 9.17) is 14.2 Å². The van der Waals surface area contributed by atoms with Gasteiger partial charge in [-0.25, -0.2) is 9.80 Å². The Bertz CT molecular complexity index is 1200. The van der Waals surface area contributed by atoms with Gasteiger partial charge in [-0.3, -0.25) is 15.0 Å². The Morgan fingerprint density at radius 2 is 1.88 bits per heavy atom. The fourth-order valence-corrected chi connectivity index (χ4v) is 5.76. The van der Waals surface area contributed by atoms with Crippen molar-refractivity contribution in [2.24, 2.45) is 5.10 Å². The van der Waals surface area contributed by atoms with Crippen molar-refractivity contribution in [3.8, 4) is 11.5 Å². The number of hydrazone groups is 1. The average molecular weight is 568 g/mol. The molecule has 11 heteroatoms. The van der Waals surface area contributed by atoms with E-state index in [1.54, 1.807) is 19.2 Å². The summed E-state index contributed by atoms with van der Waals surface area (Å²) in [5.41, 5.74) is 3.25. The molecule has 2 amide bonds. The number of carbonyl (C=O) groups is 2. The van der Waals surface area contributed by atoms with Gasteiger partial charge in [0.25, 0.3) is 0 Å². The number of nitrogens with one attached hydrogen (secondary N) is 2. The normalized spacial score (nSPS) is 18.4. The van der Waals surface area contributed by atoms with Crippen LogP contribution in [0, 0.1) is 0 Å². The zero-order chi connectivity index (χ0) is 27.7. The summed E-state index contributed by atoms with van der Waals surface area (Å²) in [4.78, 5) is 27.1. The maximum absolute atomic E-state index is 12.7. The van der Waals surface area contributed by atoms with Crippen molar-refractivity contribution in [1.82, 2.24) is 15.2 Å². The Labute approximate surface area is 239 Å². The van der Waals surface area contributed by atoms with E-state index in [0.717, 1.165) is 62.4 Å². The fourth-order valence-electron chi connectivity index (χ4n) is 5.02. The van der Waals surface area contributed by atoms with Crippen LogP contribution in [0.5, 0.6) is 11.5 Å². The van der Waals surface area contributed by atoms with Gasteiger partial charge in [0.15, 0.2) is 11.5 Å². The van der Waals surface area contributed by atoms with Crippen molar-refractivity contribution < 1.29 is 23.8 Å². The zero-order valence-corrected chi connectivity index (χ0v) is 23.7. The summed E-state index contributed by atoms with van der Waals surface area (Å²) in [7, 11) is 1.64. The highest BCUT2D eigenvalue weighted by atomic mass is 32.2. The van der Waals surface area contributed by atoms with Crippen LogP contribution in [0.25, 0.3) is 0 Å². The minimum atomic E-state index is -0.476. The van der Waals surface area contributed by atoms with Crippen LogP contribution in [0.4, 0.5) is 15.3 Å². The highest BCUT2D eigenvalue weighted by Crippen LogP contribution is 2.33. The molecular weight excluding hydrogens is 530 g/mol. The van der Waals surface area contributed by atoms with Gasteiger partial charge in [0.1, 0.15) is 6.61 Å². The Hall–Kier alpha value is -3.28. The molecule has 2 heterocycles. The summed E-state index contributed by atoms with van der Waals surface area (Å²) in [6.07, 6.45) is 4.21. The lowest BCUT2D eigenvalue weighted by Gasteiger charge is -2.26. The van der Waals surface area contributed by atoms with Crippen LogP contribution < -0.4 is 20.1 Å². The van der Waals surface area contributed by atoms with Gasteiger partial charge in [0.2, 0.25) is 0 Å². The van der Waals surface area contributed by atoms with E-state index in [9.17, 15) is 9.59 Å². The minimum absolute atomic E-state index is 0.102. The Kier molecular flexibility index (Phi) is 9.80. The number of piperazine rings is 1. The molecule has 1 aliphatic carbocycles. The largest absolute Gasteiger partial charge is 0.493 e. The third kappa shape index (κ3) is 7.67. The van der Waals surface area contributed by atoms with Crippen molar-refractivity contribution in [2.75, 3.05) is 57.5 Å². The van der Waals surface area contributed by atoms with Gasteiger partial charge in [0.05, 0.1) is 25.5 Å². The van der Waals surface area contributed by atoms with Crippen molar-refractivity contribution in [2.45, 2.75) is 38.3 Å². The first-order chi connectivity index (χ1) is 19.6. The van der Waals surface area contributed by atoms with E-state index in [1.165, 1.54) is 29.6 Å². The molecule has 0 radical (unpaired) electrons. The number of hydrogen-bond donors (Lipinski definition) is 2. The van der Waals surface area contributed by atoms with Crippen molar-refractivity contribution in [3.05, 3.63) is 53.6 Å². The van der Waals surface area contributed by atoms with Gasteiger partial charge >= 0.3 is 11.3 Å². The van der Waals surface area contributed by atoms with E-state index < -0.39 is 6.09 Å². The smallest absolute Gasteiger partial charge is 0.411 e. The number of rotatable bonds is 10. The molecule has 2 N–H and O–H groups in total. The third-order valence-electron chi connectivity index (χ3n) is 7.26. The van der Waals surface area contributed by atoms with Crippen LogP contribution in [0.2, 0.25) is 0 Å². The van der Waals surface area contributed by atoms with Crippen LogP contribution >= 0.6 is 11.8 Å². The summed E-state index contributed by atoms with van der Waals surface area (Å²) in [6, 6.07) is 13.2. The maximum atomic E-state index is 12.7. The SMILES string of the molecule is COc1ccc(C2=NN(Cc3ccc(NC(=O)OCCN4CCNCC4)cc3)C(=O)SC2)cc1OC1CCCC1. The fraction of sp³-hybridized carbons (Fsp3) is 0.483. The molecule has 5 rings (SSSR count). The van der Waals surface area contributed by atoms with Crippen LogP contribution in [-0.2, 0) is 11.3 Å². The van der Waals surface area contributed by atoms with Crippen molar-refractivity contribution in [3.63, 3.8) is 0 Å². The molecule has 10 nitrogen and oxygen atoms in total. The second-order valence-electron chi connectivity index (χ2n) is 10.1. The van der Waals surface area contributed by atoms with Gasteiger partial charge in [-0.2, -0.15) is 5.10 Å². The van der Waals surface area contributed by atoms with Crippen LogP contribution in [-0.4, -0.2) is 85.3 Å². The molecule has 40 heavy (non-hydrogen) atoms. The molecule has 0 bridgehead atoms. The quantitative estimate of drug-likeness (QED) is 0.431. The molecule has 2 fully saturated rings. The Morgan fingerprint density at radius 3 is 2.62 bits per heavy atom. The van der Waals surface area contributed by atoms with Crippen molar-refractivity contribution >= 4 is 34.5 Å². The summed E-state index contributed by atoms with van der Waals surface area (Å²) < 4.78 is 17.1. The standard InChI is InChI=1S/C29H37N5O5S/c1-37-26-11-8-22(18-27(26)39-24-4-2-3-5-24)25-20-40-29(36)34(32-25)19-21-6-9-23(10-7-21)31-28(35)38-17-16-33-14-12-30-13-15-33/h6-11,18,24,30H,2-5,12-17,19-20H2,1H3,(H,31,35). The molecule has 0 aromatic heterocycles. The van der Waals surface area contributed by atoms with E-state index in [-0.39, 0.29) is 11.3 Å². The molecular formula is C29H37N5O5S. The molecule has 1 saturated carbocycles. The van der Waals surface area contributed by atoms with E-state index in [2.05, 4.69) is 20.6 Å². The Balaban J connectivity index is 1.17. The summed E-state index contributed by atoms with van der Waals surface area (Å²) in [5, 5.41) is 12.1. The highest BCUT2D eigenvalue weighted by molar-refractivity contribution is 8.14. The van der Waals surface area contributed by atoms with E-state index >= 15 is 0 Å². The van der Waals surface area contributed by atoms with Crippen LogP contribution in [0.15, 0.2) is 47.6 Å². The summed E-state index contributed by atoms with van der Waals surface area (Å²) >= 11 is 1.23. The molecule has 0 spiro atoms. The Morgan fingerprint density at radius 1 is 1.10 bits per heavy atom. The predicted octanol–water partition coefficient (Wildman–Crippen LogP) is 4.54. The number of benzene rings is 2. The van der Waals surface area contributed by atoms with Gasteiger partial charge in [-0.05, 0) is 61.6 Å². The topological polar surface area (TPSA) is 105 Å². The second-order valence-corrected chi connectivity index (χ2v) is 11.0. The van der Waals surface area contributed by atoms with Crippen LogP contribution in [0.1, 0.15) is 36.8 Å². The second kappa shape index (κ2) is 13.9. The lowest BCUT2D eigenvalue weighted by molar-refractivity contribution is 0.134. The first-order valence-corrected chi connectivity index (χ1v) is 14.9. The highest BCUT2D eigenvalue weighted by Gasteiger charge is 2.24. The first kappa shape index (κ1) is 28.3. The lowest BCUT2D eigenvalue weighted by Crippen LogP contribution is -2.44. The third-order valence-corrected chi connectivity index (χ3v) is 8.14. The van der Waals surface area contributed by atoms with E-state index in [1.807, 2.05) is 30.3 Å². The lowest BCUT2D eigenvalue weighted by atomic mass is 10.1. The van der Waals surface area contributed by atoms with Crippen molar-refractivity contribution in [1.29, 1.82) is 0 Å². The number of methoxy groups -OCH3 is 1. The maximum Gasteiger partial charge on any atom is 0.411 e.